The van der Waals surface area contributed by atoms with Gasteiger partial charge in [0.15, 0.2) is 0 Å². The quantitative estimate of drug-likeness (QED) is 0.571. The number of ether oxygens (including phenoxy) is 2. The highest BCUT2D eigenvalue weighted by Gasteiger charge is 2.33. The van der Waals surface area contributed by atoms with Gasteiger partial charge in [0.1, 0.15) is 12.2 Å². The molecule has 2 aromatic carbocycles. The highest BCUT2D eigenvalue weighted by atomic mass is 16.6. The second kappa shape index (κ2) is 11.7. The minimum atomic E-state index is -0.538. The summed E-state index contributed by atoms with van der Waals surface area (Å²) in [6, 6.07) is 15.7. The van der Waals surface area contributed by atoms with Gasteiger partial charge in [-0.1, -0.05) is 48.5 Å². The number of hydrogen-bond donors (Lipinski definition) is 2. The Kier molecular flexibility index (Phi) is 8.36. The summed E-state index contributed by atoms with van der Waals surface area (Å²) < 4.78 is 10.6. The first-order valence-electron chi connectivity index (χ1n) is 13.0. The Balaban J connectivity index is 1.20. The lowest BCUT2D eigenvalue weighted by Crippen LogP contribution is -2.41. The lowest BCUT2D eigenvalue weighted by atomic mass is 9.85. The minimum Gasteiger partial charge on any atom is -0.445 e. The van der Waals surface area contributed by atoms with E-state index in [9.17, 15) is 14.4 Å². The van der Waals surface area contributed by atoms with Gasteiger partial charge in [-0.15, -0.1) is 0 Å². The van der Waals surface area contributed by atoms with E-state index < -0.39 is 17.8 Å². The van der Waals surface area contributed by atoms with Crippen molar-refractivity contribution in [3.63, 3.8) is 0 Å². The molecule has 0 saturated heterocycles. The van der Waals surface area contributed by atoms with Crippen molar-refractivity contribution in [2.45, 2.75) is 84.3 Å². The number of nitrogens with zero attached hydrogens (tertiary/aromatic N) is 1. The molecule has 0 aromatic heterocycles. The summed E-state index contributed by atoms with van der Waals surface area (Å²) in [5.41, 5.74) is 3.65. The predicted octanol–water partition coefficient (Wildman–Crippen LogP) is 5.04. The maximum absolute atomic E-state index is 13.2. The molecule has 2 N–H and O–H groups in total. The molecule has 0 bridgehead atoms. The van der Waals surface area contributed by atoms with Gasteiger partial charge in [-0.25, -0.2) is 9.59 Å². The third kappa shape index (κ3) is 7.71. The Morgan fingerprint density at radius 3 is 2.30 bits per heavy atom. The molecule has 4 rings (SSSR count). The molecule has 0 radical (unpaired) electrons. The number of rotatable bonds is 6. The second-order valence-electron chi connectivity index (χ2n) is 10.9. The average Bonchev–Trinajstić information content (AvgIpc) is 3.29. The van der Waals surface area contributed by atoms with E-state index in [0.29, 0.717) is 19.6 Å². The van der Waals surface area contributed by atoms with Gasteiger partial charge in [0.2, 0.25) is 5.91 Å². The van der Waals surface area contributed by atoms with E-state index in [1.165, 1.54) is 0 Å². The number of amides is 3. The molecule has 1 saturated carbocycles. The first-order valence-corrected chi connectivity index (χ1v) is 13.0. The predicted molar refractivity (Wildman–Crippen MR) is 139 cm³/mol. The lowest BCUT2D eigenvalue weighted by Gasteiger charge is -2.30. The third-order valence-corrected chi connectivity index (χ3v) is 6.75. The van der Waals surface area contributed by atoms with Crippen LogP contribution < -0.4 is 10.6 Å². The van der Waals surface area contributed by atoms with Crippen molar-refractivity contribution in [2.24, 2.45) is 5.92 Å². The molecular weight excluding hydrogens is 470 g/mol. The molecule has 2 aromatic rings. The van der Waals surface area contributed by atoms with Crippen LogP contribution in [-0.4, -0.2) is 34.6 Å². The fourth-order valence-electron chi connectivity index (χ4n) is 4.88. The zero-order chi connectivity index (χ0) is 26.4. The summed E-state index contributed by atoms with van der Waals surface area (Å²) >= 11 is 0. The van der Waals surface area contributed by atoms with Crippen LogP contribution in [0.25, 0.3) is 0 Å². The molecule has 198 valence electrons. The minimum absolute atomic E-state index is 0.0268. The second-order valence-corrected chi connectivity index (χ2v) is 10.9. The van der Waals surface area contributed by atoms with Crippen LogP contribution in [0.1, 0.15) is 68.7 Å². The first kappa shape index (κ1) is 26.5. The molecule has 2 aliphatic rings. The Hall–Kier alpha value is -3.55. The van der Waals surface area contributed by atoms with Gasteiger partial charge in [0.05, 0.1) is 0 Å². The Bertz CT molecular complexity index is 1100. The molecule has 1 fully saturated rings. The highest BCUT2D eigenvalue weighted by molar-refractivity contribution is 5.79. The van der Waals surface area contributed by atoms with E-state index in [1.54, 1.807) is 0 Å². The molecule has 0 unspecified atom stereocenters. The van der Waals surface area contributed by atoms with Gasteiger partial charge in [-0.2, -0.15) is 0 Å². The number of carbonyl (C=O) groups excluding carboxylic acids is 3. The van der Waals surface area contributed by atoms with E-state index in [-0.39, 0.29) is 24.5 Å². The number of alkyl carbamates (subject to hydrolysis) is 2. The van der Waals surface area contributed by atoms with Crippen LogP contribution in [0.3, 0.4) is 0 Å². The zero-order valence-electron chi connectivity index (χ0n) is 21.9. The van der Waals surface area contributed by atoms with Crippen molar-refractivity contribution in [1.29, 1.82) is 0 Å². The number of nitrogens with one attached hydrogen (secondary N) is 2. The Labute approximate surface area is 218 Å². The molecule has 1 heterocycles. The smallest absolute Gasteiger partial charge is 0.407 e. The number of benzene rings is 2. The molecule has 37 heavy (non-hydrogen) atoms. The molecule has 8 nitrogen and oxygen atoms in total. The van der Waals surface area contributed by atoms with E-state index in [0.717, 1.165) is 47.9 Å². The summed E-state index contributed by atoms with van der Waals surface area (Å²) in [7, 11) is 0. The zero-order valence-corrected chi connectivity index (χ0v) is 21.9. The van der Waals surface area contributed by atoms with Gasteiger partial charge in [-0.3, -0.25) is 4.79 Å². The topological polar surface area (TPSA) is 97.0 Å². The van der Waals surface area contributed by atoms with Crippen molar-refractivity contribution in [1.82, 2.24) is 15.5 Å². The highest BCUT2D eigenvalue weighted by Crippen LogP contribution is 2.31. The SMILES string of the molecule is CC(C)(C)OC(=O)NCc1ccc2c(c1)CN(C(=O)C1CCC(NC(=O)OCc3ccccc3)CC1)C2. The summed E-state index contributed by atoms with van der Waals surface area (Å²) in [4.78, 5) is 39.3. The summed E-state index contributed by atoms with van der Waals surface area (Å²) in [6.07, 6.45) is 2.17. The Morgan fingerprint density at radius 2 is 1.59 bits per heavy atom. The van der Waals surface area contributed by atoms with Gasteiger partial charge >= 0.3 is 12.2 Å². The number of hydrogen-bond acceptors (Lipinski definition) is 5. The van der Waals surface area contributed by atoms with Crippen molar-refractivity contribution in [2.75, 3.05) is 0 Å². The monoisotopic (exact) mass is 507 g/mol. The molecule has 1 aliphatic carbocycles. The molecular formula is C29H37N3O5. The maximum Gasteiger partial charge on any atom is 0.407 e. The van der Waals surface area contributed by atoms with E-state index in [2.05, 4.69) is 16.7 Å². The standard InChI is InChI=1S/C29H37N3O5/c1-29(2,3)37-27(34)30-16-21-9-10-23-17-32(18-24(23)15-21)26(33)22-11-13-25(14-12-22)31-28(35)36-19-20-7-5-4-6-8-20/h4-10,15,22,25H,11-14,16-19H2,1-3H3,(H,30,34)(H,31,35). The summed E-state index contributed by atoms with van der Waals surface area (Å²) in [5.74, 6) is 0.149. The van der Waals surface area contributed by atoms with E-state index >= 15 is 0 Å². The van der Waals surface area contributed by atoms with Crippen LogP contribution in [0.5, 0.6) is 0 Å². The van der Waals surface area contributed by atoms with Crippen LogP contribution in [0.15, 0.2) is 48.5 Å². The van der Waals surface area contributed by atoms with Crippen LogP contribution in [-0.2, 0) is 40.5 Å². The van der Waals surface area contributed by atoms with Crippen molar-refractivity contribution < 1.29 is 23.9 Å². The maximum atomic E-state index is 13.2. The molecule has 1 aliphatic heterocycles. The van der Waals surface area contributed by atoms with Crippen molar-refractivity contribution in [3.05, 3.63) is 70.8 Å². The van der Waals surface area contributed by atoms with Crippen molar-refractivity contribution >= 4 is 18.1 Å². The first-order chi connectivity index (χ1) is 17.7. The largest absolute Gasteiger partial charge is 0.445 e. The summed E-state index contributed by atoms with van der Waals surface area (Å²) in [6.45, 7) is 7.30. The van der Waals surface area contributed by atoms with Crippen LogP contribution in [0, 0.1) is 5.92 Å². The third-order valence-electron chi connectivity index (χ3n) is 6.75. The normalized spacial score (nSPS) is 19.1. The van der Waals surface area contributed by atoms with Crippen LogP contribution >= 0.6 is 0 Å². The molecule has 0 atom stereocenters. The van der Waals surface area contributed by atoms with E-state index in [4.69, 9.17) is 9.47 Å². The number of fused-ring (bicyclic) bond motifs is 1. The average molecular weight is 508 g/mol. The Morgan fingerprint density at radius 1 is 0.892 bits per heavy atom. The van der Waals surface area contributed by atoms with Gasteiger partial charge in [0.25, 0.3) is 0 Å². The number of carbonyl (C=O) groups is 3. The summed E-state index contributed by atoms with van der Waals surface area (Å²) in [5, 5.41) is 5.73. The molecule has 0 spiro atoms. The fraction of sp³-hybridized carbons (Fsp3) is 0.483. The molecule has 8 heteroatoms. The molecule has 3 amide bonds. The van der Waals surface area contributed by atoms with Crippen LogP contribution in [0.4, 0.5) is 9.59 Å². The fourth-order valence-corrected chi connectivity index (χ4v) is 4.88. The van der Waals surface area contributed by atoms with Gasteiger partial charge < -0.3 is 25.0 Å². The van der Waals surface area contributed by atoms with Gasteiger partial charge in [0, 0.05) is 31.6 Å². The van der Waals surface area contributed by atoms with Gasteiger partial charge in [-0.05, 0) is 68.7 Å². The lowest BCUT2D eigenvalue weighted by molar-refractivity contribution is -0.137. The van der Waals surface area contributed by atoms with Crippen LogP contribution in [0.2, 0.25) is 0 Å². The van der Waals surface area contributed by atoms with Crippen molar-refractivity contribution in [3.8, 4) is 0 Å². The van der Waals surface area contributed by atoms with E-state index in [1.807, 2.05) is 68.1 Å².